The van der Waals surface area contributed by atoms with E-state index in [1.165, 1.54) is 19.1 Å². The molecule has 0 unspecified atom stereocenters. The van der Waals surface area contributed by atoms with E-state index in [4.69, 9.17) is 5.73 Å². The molecule has 3 N–H and O–H groups in total. The lowest BCUT2D eigenvalue weighted by atomic mass is 9.76. The van der Waals surface area contributed by atoms with Gasteiger partial charge >= 0.3 is 0 Å². The lowest BCUT2D eigenvalue weighted by Crippen LogP contribution is -2.39. The van der Waals surface area contributed by atoms with Crippen LogP contribution >= 0.6 is 0 Å². The van der Waals surface area contributed by atoms with Crippen molar-refractivity contribution in [3.8, 4) is 0 Å². The van der Waals surface area contributed by atoms with Crippen LogP contribution in [0.25, 0.3) is 0 Å². The van der Waals surface area contributed by atoms with Crippen LogP contribution < -0.4 is 10.5 Å². The fourth-order valence-corrected chi connectivity index (χ4v) is 4.25. The van der Waals surface area contributed by atoms with Crippen LogP contribution in [0.3, 0.4) is 0 Å². The maximum Gasteiger partial charge on any atom is 0.243 e. The largest absolute Gasteiger partial charge is 0.399 e. The number of hydrogen-bond donors (Lipinski definition) is 2. The van der Waals surface area contributed by atoms with Crippen LogP contribution in [0.15, 0.2) is 17.0 Å². The van der Waals surface area contributed by atoms with Crippen LogP contribution in [0.5, 0.6) is 0 Å². The molecular weight excluding hydrogens is 291 g/mol. The van der Waals surface area contributed by atoms with Crippen molar-refractivity contribution in [3.05, 3.63) is 23.5 Å². The Balaban J connectivity index is 2.20. The Bertz CT molecular complexity index is 631. The molecule has 0 heterocycles. The van der Waals surface area contributed by atoms with Crippen molar-refractivity contribution >= 4 is 15.7 Å². The highest BCUT2D eigenvalue weighted by molar-refractivity contribution is 7.89. The Hall–Kier alpha value is -1.14. The van der Waals surface area contributed by atoms with Crippen LogP contribution in [0, 0.1) is 18.2 Å². The molecule has 1 aliphatic rings. The van der Waals surface area contributed by atoms with Gasteiger partial charge < -0.3 is 5.73 Å². The molecule has 1 fully saturated rings. The molecule has 0 amide bonds. The van der Waals surface area contributed by atoms with Crippen LogP contribution in [-0.4, -0.2) is 14.5 Å². The predicted octanol–water partition coefficient (Wildman–Crippen LogP) is 2.96. The minimum atomic E-state index is -3.88. The molecule has 21 heavy (non-hydrogen) atoms. The number of halogens is 1. The van der Waals surface area contributed by atoms with Gasteiger partial charge in [0, 0.05) is 11.7 Å². The Labute approximate surface area is 126 Å². The second-order valence-corrected chi connectivity index (χ2v) is 8.39. The quantitative estimate of drug-likeness (QED) is 0.843. The van der Waals surface area contributed by atoms with Gasteiger partial charge in [-0.1, -0.05) is 13.8 Å². The number of anilines is 1. The van der Waals surface area contributed by atoms with E-state index < -0.39 is 15.8 Å². The first kappa shape index (κ1) is 16.2. The number of nitrogen functional groups attached to an aromatic ring is 1. The van der Waals surface area contributed by atoms with Gasteiger partial charge in [-0.25, -0.2) is 17.5 Å². The van der Waals surface area contributed by atoms with Gasteiger partial charge in [-0.3, -0.25) is 0 Å². The summed E-state index contributed by atoms with van der Waals surface area (Å²) in [5, 5.41) is 0. The monoisotopic (exact) mass is 314 g/mol. The molecule has 0 radical (unpaired) electrons. The number of aryl methyl sites for hydroxylation is 1. The zero-order valence-corrected chi connectivity index (χ0v) is 13.6. The van der Waals surface area contributed by atoms with Crippen molar-refractivity contribution < 1.29 is 12.8 Å². The van der Waals surface area contributed by atoms with Crippen molar-refractivity contribution in [2.45, 2.75) is 57.4 Å². The molecule has 0 bridgehead atoms. The highest BCUT2D eigenvalue weighted by Gasteiger charge is 2.30. The van der Waals surface area contributed by atoms with Crippen molar-refractivity contribution in [1.82, 2.24) is 4.72 Å². The second-order valence-electron chi connectivity index (χ2n) is 6.71. The van der Waals surface area contributed by atoms with Gasteiger partial charge in [-0.15, -0.1) is 0 Å². The van der Waals surface area contributed by atoms with Crippen LogP contribution in [-0.2, 0) is 10.0 Å². The van der Waals surface area contributed by atoms with E-state index in [2.05, 4.69) is 18.6 Å². The average molecular weight is 314 g/mol. The van der Waals surface area contributed by atoms with Crippen molar-refractivity contribution in [2.24, 2.45) is 5.41 Å². The number of sulfonamides is 1. The van der Waals surface area contributed by atoms with E-state index in [1.54, 1.807) is 0 Å². The molecule has 1 aliphatic carbocycles. The summed E-state index contributed by atoms with van der Waals surface area (Å²) in [6, 6.07) is 2.47. The molecule has 0 saturated heterocycles. The Morgan fingerprint density at radius 3 is 2.43 bits per heavy atom. The molecule has 0 aromatic heterocycles. The van der Waals surface area contributed by atoms with Gasteiger partial charge in [-0.2, -0.15) is 0 Å². The van der Waals surface area contributed by atoms with E-state index in [1.807, 2.05) is 0 Å². The third kappa shape index (κ3) is 3.74. The molecule has 0 aliphatic heterocycles. The summed E-state index contributed by atoms with van der Waals surface area (Å²) in [6.07, 6.45) is 3.46. The Kier molecular flexibility index (Phi) is 4.31. The Morgan fingerprint density at radius 2 is 1.86 bits per heavy atom. The van der Waals surface area contributed by atoms with Gasteiger partial charge in [0.2, 0.25) is 10.0 Å². The van der Waals surface area contributed by atoms with Gasteiger partial charge in [0.15, 0.2) is 0 Å². The molecule has 6 heteroatoms. The zero-order chi connectivity index (χ0) is 15.8. The second kappa shape index (κ2) is 5.57. The maximum atomic E-state index is 14.1. The molecule has 1 saturated carbocycles. The normalized spacial score (nSPS) is 19.6. The Morgan fingerprint density at radius 1 is 1.29 bits per heavy atom. The lowest BCUT2D eigenvalue weighted by molar-refractivity contribution is 0.218. The molecule has 118 valence electrons. The third-order valence-electron chi connectivity index (χ3n) is 4.19. The molecule has 2 rings (SSSR count). The van der Waals surface area contributed by atoms with Crippen molar-refractivity contribution in [3.63, 3.8) is 0 Å². The zero-order valence-electron chi connectivity index (χ0n) is 12.7. The van der Waals surface area contributed by atoms with E-state index in [9.17, 15) is 12.8 Å². The van der Waals surface area contributed by atoms with E-state index in [0.29, 0.717) is 0 Å². The number of nitrogens with one attached hydrogen (secondary N) is 1. The fraction of sp³-hybridized carbons (Fsp3) is 0.600. The topological polar surface area (TPSA) is 72.2 Å². The van der Waals surface area contributed by atoms with E-state index >= 15 is 0 Å². The predicted molar refractivity (Wildman–Crippen MR) is 81.9 cm³/mol. The molecule has 0 atom stereocenters. The highest BCUT2D eigenvalue weighted by atomic mass is 32.2. The first-order chi connectivity index (χ1) is 9.61. The van der Waals surface area contributed by atoms with Crippen LogP contribution in [0.2, 0.25) is 0 Å². The van der Waals surface area contributed by atoms with Crippen LogP contribution in [0.4, 0.5) is 10.1 Å². The number of rotatable bonds is 3. The number of nitrogens with two attached hydrogens (primary N) is 1. The molecule has 1 aromatic rings. The summed E-state index contributed by atoms with van der Waals surface area (Å²) in [4.78, 5) is -0.357. The SMILES string of the molecule is Cc1cc(N)cc(S(=O)(=O)NC2CCC(C)(C)CC2)c1F. The van der Waals surface area contributed by atoms with Gasteiger partial charge in [0.05, 0.1) is 0 Å². The first-order valence-electron chi connectivity index (χ1n) is 7.19. The summed E-state index contributed by atoms with van der Waals surface area (Å²) in [5.41, 5.74) is 6.37. The molecular formula is C15H23FN2O2S. The molecule has 1 aromatic carbocycles. The maximum absolute atomic E-state index is 14.1. The minimum Gasteiger partial charge on any atom is -0.399 e. The number of hydrogen-bond acceptors (Lipinski definition) is 3. The third-order valence-corrected chi connectivity index (χ3v) is 5.71. The van der Waals surface area contributed by atoms with Crippen molar-refractivity contribution in [2.75, 3.05) is 5.73 Å². The van der Waals surface area contributed by atoms with Crippen molar-refractivity contribution in [1.29, 1.82) is 0 Å². The summed E-state index contributed by atoms with van der Waals surface area (Å²) in [5.74, 6) is -0.729. The summed E-state index contributed by atoms with van der Waals surface area (Å²) in [7, 11) is -3.88. The smallest absolute Gasteiger partial charge is 0.243 e. The molecule has 0 spiro atoms. The standard InChI is InChI=1S/C15H23FN2O2S/c1-10-8-11(17)9-13(14(10)16)21(19,20)18-12-4-6-15(2,3)7-5-12/h8-9,12,18H,4-7,17H2,1-3H3. The number of benzene rings is 1. The summed E-state index contributed by atoms with van der Waals surface area (Å²) in [6.45, 7) is 5.87. The fourth-order valence-electron chi connectivity index (χ4n) is 2.76. The lowest BCUT2D eigenvalue weighted by Gasteiger charge is -2.34. The minimum absolute atomic E-state index is 0.135. The van der Waals surface area contributed by atoms with Crippen LogP contribution in [0.1, 0.15) is 45.1 Å². The van der Waals surface area contributed by atoms with Gasteiger partial charge in [-0.05, 0) is 55.7 Å². The van der Waals surface area contributed by atoms with E-state index in [0.717, 1.165) is 25.7 Å². The highest BCUT2D eigenvalue weighted by Crippen LogP contribution is 2.35. The summed E-state index contributed by atoms with van der Waals surface area (Å²) >= 11 is 0. The van der Waals surface area contributed by atoms with Gasteiger partial charge in [0.1, 0.15) is 10.7 Å². The average Bonchev–Trinajstić information content (AvgIpc) is 2.36. The van der Waals surface area contributed by atoms with E-state index in [-0.39, 0.29) is 27.6 Å². The van der Waals surface area contributed by atoms with Gasteiger partial charge in [0.25, 0.3) is 0 Å². The summed E-state index contributed by atoms with van der Waals surface area (Å²) < 4.78 is 41.5. The first-order valence-corrected chi connectivity index (χ1v) is 8.67. The molecule has 4 nitrogen and oxygen atoms in total.